The molecule has 0 bridgehead atoms. The van der Waals surface area contributed by atoms with Crippen molar-refractivity contribution in [2.45, 2.75) is 44.1 Å². The van der Waals surface area contributed by atoms with E-state index in [1.165, 1.54) is 22.3 Å². The Balaban J connectivity index is 1.22. The molecule has 0 unspecified atom stereocenters. The van der Waals surface area contributed by atoms with Crippen molar-refractivity contribution in [2.75, 3.05) is 26.4 Å². The zero-order valence-electron chi connectivity index (χ0n) is 19.7. The lowest BCUT2D eigenvalue weighted by molar-refractivity contribution is -0.138. The zero-order chi connectivity index (χ0) is 24.6. The third-order valence-electron chi connectivity index (χ3n) is 6.72. The first kappa shape index (κ1) is 24.7. The van der Waals surface area contributed by atoms with Crippen LogP contribution in [-0.2, 0) is 19.1 Å². The predicted molar refractivity (Wildman–Crippen MR) is 130 cm³/mol. The zero-order valence-corrected chi connectivity index (χ0v) is 19.7. The van der Waals surface area contributed by atoms with E-state index in [-0.39, 0.29) is 50.0 Å². The van der Waals surface area contributed by atoms with Crippen LogP contribution in [0.25, 0.3) is 11.1 Å². The number of carboxylic acids is 1. The lowest BCUT2D eigenvalue weighted by atomic mass is 9.85. The summed E-state index contributed by atoms with van der Waals surface area (Å²) in [5.41, 5.74) is 4.71. The molecule has 2 aromatic rings. The number of ether oxygens (including phenoxy) is 2. The summed E-state index contributed by atoms with van der Waals surface area (Å²) in [6, 6.07) is 16.3. The van der Waals surface area contributed by atoms with Crippen molar-refractivity contribution in [3.63, 3.8) is 0 Å². The number of nitrogens with one attached hydrogen (secondary N) is 2. The summed E-state index contributed by atoms with van der Waals surface area (Å²) >= 11 is 0. The highest BCUT2D eigenvalue weighted by Gasteiger charge is 2.31. The highest BCUT2D eigenvalue weighted by atomic mass is 16.5. The minimum atomic E-state index is -0.911. The maximum Gasteiger partial charge on any atom is 0.407 e. The molecule has 0 aromatic heterocycles. The number of carboxylic acid groups (broad SMARTS) is 1. The van der Waals surface area contributed by atoms with E-state index in [9.17, 15) is 14.4 Å². The number of hydrogen-bond acceptors (Lipinski definition) is 5. The molecule has 35 heavy (non-hydrogen) atoms. The summed E-state index contributed by atoms with van der Waals surface area (Å²) in [5.74, 6) is -1.14. The molecular formula is C27H32N2O6. The van der Waals surface area contributed by atoms with E-state index in [4.69, 9.17) is 14.6 Å². The Morgan fingerprint density at radius 1 is 0.943 bits per heavy atom. The van der Waals surface area contributed by atoms with Crippen molar-refractivity contribution >= 4 is 18.0 Å². The molecule has 3 N–H and O–H groups in total. The van der Waals surface area contributed by atoms with E-state index >= 15 is 0 Å². The molecule has 0 saturated heterocycles. The largest absolute Gasteiger partial charge is 0.481 e. The summed E-state index contributed by atoms with van der Waals surface area (Å²) in [6.45, 7) is 0.992. The molecule has 0 aliphatic heterocycles. The van der Waals surface area contributed by atoms with Gasteiger partial charge in [-0.3, -0.25) is 9.59 Å². The fourth-order valence-electron chi connectivity index (χ4n) is 5.02. The Hall–Kier alpha value is -3.39. The molecule has 1 fully saturated rings. The van der Waals surface area contributed by atoms with E-state index in [1.54, 1.807) is 0 Å². The van der Waals surface area contributed by atoms with Gasteiger partial charge in [0.2, 0.25) is 5.91 Å². The summed E-state index contributed by atoms with van der Waals surface area (Å²) in [5, 5.41) is 14.4. The quantitative estimate of drug-likeness (QED) is 0.447. The van der Waals surface area contributed by atoms with Crippen LogP contribution in [0.3, 0.4) is 0 Å². The van der Waals surface area contributed by atoms with Gasteiger partial charge in [-0.2, -0.15) is 0 Å². The number of rotatable bonds is 10. The molecule has 2 amide bonds. The van der Waals surface area contributed by atoms with Crippen LogP contribution in [0, 0.1) is 5.92 Å². The van der Waals surface area contributed by atoms with Gasteiger partial charge in [-0.15, -0.1) is 0 Å². The minimum Gasteiger partial charge on any atom is -0.481 e. The monoisotopic (exact) mass is 480 g/mol. The van der Waals surface area contributed by atoms with Crippen molar-refractivity contribution in [3.8, 4) is 11.1 Å². The van der Waals surface area contributed by atoms with Crippen molar-refractivity contribution in [2.24, 2.45) is 5.92 Å². The molecule has 0 heterocycles. The topological polar surface area (TPSA) is 114 Å². The van der Waals surface area contributed by atoms with Crippen LogP contribution in [0.15, 0.2) is 48.5 Å². The second-order valence-corrected chi connectivity index (χ2v) is 9.08. The van der Waals surface area contributed by atoms with Crippen LogP contribution in [0.1, 0.15) is 49.1 Å². The first-order valence-electron chi connectivity index (χ1n) is 12.2. The second kappa shape index (κ2) is 11.8. The third kappa shape index (κ3) is 6.39. The van der Waals surface area contributed by atoms with E-state index in [1.807, 2.05) is 24.3 Å². The smallest absolute Gasteiger partial charge is 0.407 e. The number of carbonyl (C=O) groups excluding carboxylic acids is 2. The maximum absolute atomic E-state index is 12.6. The Bertz CT molecular complexity index is 1010. The Morgan fingerprint density at radius 2 is 1.63 bits per heavy atom. The van der Waals surface area contributed by atoms with Crippen molar-refractivity contribution in [1.82, 2.24) is 10.6 Å². The van der Waals surface area contributed by atoms with Crippen LogP contribution >= 0.6 is 0 Å². The number of amides is 2. The standard InChI is InChI=1S/C27H32N2O6/c30-25(31)12-14-34-15-13-28-26(32)18-6-5-7-19(16-18)29-27(33)35-17-24-22-10-3-1-8-20(22)21-9-2-4-11-23(21)24/h1-4,8-11,18-19,24H,5-7,12-17H2,(H,28,32)(H,29,33)(H,30,31)/t18-,19+/m0/s1. The molecule has 2 atom stereocenters. The fraction of sp³-hybridized carbons (Fsp3) is 0.444. The lowest BCUT2D eigenvalue weighted by Crippen LogP contribution is -2.43. The van der Waals surface area contributed by atoms with Crippen molar-refractivity contribution in [1.29, 1.82) is 0 Å². The van der Waals surface area contributed by atoms with Gasteiger partial charge in [-0.25, -0.2) is 4.79 Å². The average molecular weight is 481 g/mol. The summed E-state index contributed by atoms with van der Waals surface area (Å²) in [7, 11) is 0. The highest BCUT2D eigenvalue weighted by molar-refractivity contribution is 5.80. The second-order valence-electron chi connectivity index (χ2n) is 9.08. The van der Waals surface area contributed by atoms with Gasteiger partial charge in [0.15, 0.2) is 0 Å². The van der Waals surface area contributed by atoms with Crippen molar-refractivity contribution in [3.05, 3.63) is 59.7 Å². The first-order valence-corrected chi connectivity index (χ1v) is 12.2. The van der Waals surface area contributed by atoms with Crippen LogP contribution in [0.5, 0.6) is 0 Å². The predicted octanol–water partition coefficient (Wildman–Crippen LogP) is 3.69. The van der Waals surface area contributed by atoms with E-state index in [0.717, 1.165) is 19.3 Å². The minimum absolute atomic E-state index is 0.00995. The van der Waals surface area contributed by atoms with E-state index in [0.29, 0.717) is 13.0 Å². The summed E-state index contributed by atoms with van der Waals surface area (Å²) in [4.78, 5) is 35.6. The fourth-order valence-corrected chi connectivity index (χ4v) is 5.02. The summed E-state index contributed by atoms with van der Waals surface area (Å²) in [6.07, 6.45) is 2.49. The van der Waals surface area contributed by atoms with Gasteiger partial charge in [0.1, 0.15) is 6.61 Å². The molecule has 2 aliphatic rings. The highest BCUT2D eigenvalue weighted by Crippen LogP contribution is 2.44. The number of benzene rings is 2. The Labute approximate surface area is 205 Å². The SMILES string of the molecule is O=C(O)CCOCCNC(=O)[C@H]1CCC[C@@H](NC(=O)OCC2c3ccccc3-c3ccccc32)C1. The molecular weight excluding hydrogens is 448 g/mol. The van der Waals surface area contributed by atoms with Gasteiger partial charge in [0.05, 0.1) is 19.6 Å². The molecule has 0 radical (unpaired) electrons. The molecule has 2 aliphatic carbocycles. The lowest BCUT2D eigenvalue weighted by Gasteiger charge is -2.29. The van der Waals surface area contributed by atoms with Crippen LogP contribution in [0.2, 0.25) is 0 Å². The van der Waals surface area contributed by atoms with Crippen LogP contribution in [0.4, 0.5) is 4.79 Å². The normalized spacial score (nSPS) is 18.9. The van der Waals surface area contributed by atoms with Gasteiger partial charge < -0.3 is 25.2 Å². The molecule has 186 valence electrons. The van der Waals surface area contributed by atoms with Gasteiger partial charge in [-0.1, -0.05) is 55.0 Å². The Kier molecular flexibility index (Phi) is 8.36. The Morgan fingerprint density at radius 3 is 2.31 bits per heavy atom. The summed E-state index contributed by atoms with van der Waals surface area (Å²) < 4.78 is 10.8. The molecule has 8 nitrogen and oxygen atoms in total. The van der Waals surface area contributed by atoms with Crippen LogP contribution in [-0.4, -0.2) is 55.5 Å². The average Bonchev–Trinajstić information content (AvgIpc) is 3.18. The third-order valence-corrected chi connectivity index (χ3v) is 6.72. The van der Waals surface area contributed by atoms with Gasteiger partial charge in [0, 0.05) is 24.4 Å². The maximum atomic E-state index is 12.6. The first-order chi connectivity index (χ1) is 17.0. The number of aliphatic carboxylic acids is 1. The van der Waals surface area contributed by atoms with Crippen LogP contribution < -0.4 is 10.6 Å². The molecule has 8 heteroatoms. The number of alkyl carbamates (subject to hydrolysis) is 1. The van der Waals surface area contributed by atoms with Gasteiger partial charge in [-0.05, 0) is 41.5 Å². The van der Waals surface area contributed by atoms with Gasteiger partial charge in [0.25, 0.3) is 0 Å². The number of carbonyl (C=O) groups is 3. The molecule has 1 saturated carbocycles. The number of fused-ring (bicyclic) bond motifs is 3. The number of hydrogen-bond donors (Lipinski definition) is 3. The van der Waals surface area contributed by atoms with Gasteiger partial charge >= 0.3 is 12.1 Å². The molecule has 4 rings (SSSR count). The van der Waals surface area contributed by atoms with E-state index < -0.39 is 12.1 Å². The molecule has 0 spiro atoms. The van der Waals surface area contributed by atoms with E-state index in [2.05, 4.69) is 34.9 Å². The molecule has 2 aromatic carbocycles. The van der Waals surface area contributed by atoms with Crippen molar-refractivity contribution < 1.29 is 29.0 Å².